The van der Waals surface area contributed by atoms with Gasteiger partial charge in [0.05, 0.1) is 29.8 Å². The summed E-state index contributed by atoms with van der Waals surface area (Å²) in [5.41, 5.74) is -1.82. The Morgan fingerprint density at radius 2 is 1.64 bits per heavy atom. The standard InChI is InChI=1S/C23H26O10/c1-11(12(2)32-22(28)29)21(27)33-16(8-9-23(3,4)30)13-10-17(31-5)18-14(24)6-7-15(25)19(18)20(13)26/h6-12,16,26,30H,1-5H3,(H,28,29)/b9-8+. The smallest absolute Gasteiger partial charge is 0.506 e. The Hall–Kier alpha value is -3.66. The molecule has 0 heterocycles. The van der Waals surface area contributed by atoms with Crippen molar-refractivity contribution >= 4 is 23.7 Å². The zero-order chi connectivity index (χ0) is 25.1. The summed E-state index contributed by atoms with van der Waals surface area (Å²) in [4.78, 5) is 48.2. The Labute approximate surface area is 190 Å². The molecule has 2 rings (SSSR count). The van der Waals surface area contributed by atoms with Gasteiger partial charge < -0.3 is 29.5 Å². The maximum atomic E-state index is 12.7. The molecule has 0 aliphatic heterocycles. The summed E-state index contributed by atoms with van der Waals surface area (Å²) in [6.45, 7) is 5.70. The van der Waals surface area contributed by atoms with Crippen LogP contribution >= 0.6 is 0 Å². The maximum Gasteiger partial charge on any atom is 0.506 e. The van der Waals surface area contributed by atoms with E-state index in [0.717, 1.165) is 12.2 Å². The summed E-state index contributed by atoms with van der Waals surface area (Å²) in [5, 5.41) is 29.7. The number of esters is 1. The van der Waals surface area contributed by atoms with Gasteiger partial charge in [0.25, 0.3) is 0 Å². The number of aliphatic hydroxyl groups is 1. The molecule has 1 aliphatic rings. The van der Waals surface area contributed by atoms with Gasteiger partial charge in [-0.05, 0) is 52.0 Å². The van der Waals surface area contributed by atoms with Gasteiger partial charge in [-0.25, -0.2) is 4.79 Å². The van der Waals surface area contributed by atoms with E-state index in [2.05, 4.69) is 4.74 Å². The predicted molar refractivity (Wildman–Crippen MR) is 114 cm³/mol. The van der Waals surface area contributed by atoms with Crippen molar-refractivity contribution in [1.29, 1.82) is 0 Å². The van der Waals surface area contributed by atoms with Crippen molar-refractivity contribution in [3.63, 3.8) is 0 Å². The third-order valence-corrected chi connectivity index (χ3v) is 4.98. The zero-order valence-electron chi connectivity index (χ0n) is 18.8. The van der Waals surface area contributed by atoms with Crippen LogP contribution in [-0.2, 0) is 14.3 Å². The lowest BCUT2D eigenvalue weighted by atomic mass is 9.89. The number of carbonyl (C=O) groups excluding carboxylic acids is 3. The van der Waals surface area contributed by atoms with Crippen LogP contribution in [0.3, 0.4) is 0 Å². The Morgan fingerprint density at radius 3 is 2.15 bits per heavy atom. The van der Waals surface area contributed by atoms with E-state index in [1.54, 1.807) is 0 Å². The molecular weight excluding hydrogens is 436 g/mol. The van der Waals surface area contributed by atoms with E-state index in [0.29, 0.717) is 0 Å². The molecule has 0 amide bonds. The molecule has 10 heteroatoms. The van der Waals surface area contributed by atoms with Crippen LogP contribution in [0.25, 0.3) is 0 Å². The van der Waals surface area contributed by atoms with E-state index >= 15 is 0 Å². The average molecular weight is 462 g/mol. The average Bonchev–Trinajstić information content (AvgIpc) is 2.72. The minimum absolute atomic E-state index is 0.0196. The van der Waals surface area contributed by atoms with E-state index < -0.39 is 53.2 Å². The quantitative estimate of drug-likeness (QED) is 0.387. The van der Waals surface area contributed by atoms with Crippen LogP contribution in [0.4, 0.5) is 4.79 Å². The maximum absolute atomic E-state index is 12.7. The highest BCUT2D eigenvalue weighted by Crippen LogP contribution is 2.41. The molecule has 178 valence electrons. The van der Waals surface area contributed by atoms with E-state index in [9.17, 15) is 29.4 Å². The third kappa shape index (κ3) is 5.98. The van der Waals surface area contributed by atoms with E-state index in [-0.39, 0.29) is 22.4 Å². The monoisotopic (exact) mass is 462 g/mol. The second-order valence-electron chi connectivity index (χ2n) is 8.08. The van der Waals surface area contributed by atoms with Crippen LogP contribution in [0.15, 0.2) is 30.4 Å². The molecule has 33 heavy (non-hydrogen) atoms. The molecule has 3 N–H and O–H groups in total. The molecule has 0 saturated heterocycles. The van der Waals surface area contributed by atoms with E-state index in [1.807, 2.05) is 0 Å². The molecule has 0 bridgehead atoms. The number of fused-ring (bicyclic) bond motifs is 1. The first-order chi connectivity index (χ1) is 15.3. The lowest BCUT2D eigenvalue weighted by molar-refractivity contribution is -0.155. The number of methoxy groups -OCH3 is 1. The van der Waals surface area contributed by atoms with Gasteiger partial charge >= 0.3 is 12.1 Å². The molecule has 0 aromatic heterocycles. The number of rotatable bonds is 8. The molecule has 1 aromatic carbocycles. The summed E-state index contributed by atoms with van der Waals surface area (Å²) >= 11 is 0. The highest BCUT2D eigenvalue weighted by molar-refractivity contribution is 6.24. The number of carbonyl (C=O) groups is 4. The van der Waals surface area contributed by atoms with Gasteiger partial charge in [0.1, 0.15) is 23.7 Å². The van der Waals surface area contributed by atoms with Gasteiger partial charge in [0, 0.05) is 5.56 Å². The number of hydrogen-bond donors (Lipinski definition) is 3. The first-order valence-electron chi connectivity index (χ1n) is 9.99. The van der Waals surface area contributed by atoms with Crippen molar-refractivity contribution in [1.82, 2.24) is 0 Å². The second-order valence-corrected chi connectivity index (χ2v) is 8.08. The third-order valence-electron chi connectivity index (χ3n) is 4.98. The van der Waals surface area contributed by atoms with Crippen molar-refractivity contribution in [3.05, 3.63) is 47.1 Å². The van der Waals surface area contributed by atoms with Crippen LogP contribution in [-0.4, -0.2) is 57.8 Å². The number of ketones is 2. The molecule has 1 aliphatic carbocycles. The highest BCUT2D eigenvalue weighted by atomic mass is 16.7. The molecule has 0 fully saturated rings. The lowest BCUT2D eigenvalue weighted by Gasteiger charge is -2.24. The Morgan fingerprint density at radius 1 is 1.06 bits per heavy atom. The lowest BCUT2D eigenvalue weighted by Crippen LogP contribution is -2.30. The van der Waals surface area contributed by atoms with Gasteiger partial charge in [-0.1, -0.05) is 6.08 Å². The number of allylic oxidation sites excluding steroid dienone is 2. The van der Waals surface area contributed by atoms with E-state index in [1.165, 1.54) is 53.0 Å². The number of carboxylic acid groups (broad SMARTS) is 1. The fraction of sp³-hybridized carbons (Fsp3) is 0.391. The van der Waals surface area contributed by atoms with Gasteiger partial charge in [-0.2, -0.15) is 0 Å². The van der Waals surface area contributed by atoms with Crippen molar-refractivity contribution in [2.24, 2.45) is 5.92 Å². The van der Waals surface area contributed by atoms with Crippen LogP contribution in [0.1, 0.15) is 60.1 Å². The molecule has 3 atom stereocenters. The van der Waals surface area contributed by atoms with Crippen molar-refractivity contribution in [3.8, 4) is 11.5 Å². The Bertz CT molecular complexity index is 1030. The van der Waals surface area contributed by atoms with Crippen LogP contribution in [0.2, 0.25) is 0 Å². The van der Waals surface area contributed by atoms with Crippen molar-refractivity contribution in [2.45, 2.75) is 45.5 Å². The van der Waals surface area contributed by atoms with Crippen molar-refractivity contribution in [2.75, 3.05) is 7.11 Å². The second kappa shape index (κ2) is 9.86. The van der Waals surface area contributed by atoms with Gasteiger partial charge in [0.15, 0.2) is 11.6 Å². The van der Waals surface area contributed by atoms with Gasteiger partial charge in [0.2, 0.25) is 0 Å². The fourth-order valence-electron chi connectivity index (χ4n) is 3.06. The summed E-state index contributed by atoms with van der Waals surface area (Å²) < 4.78 is 15.3. The number of phenols is 1. The minimum atomic E-state index is -1.56. The van der Waals surface area contributed by atoms with Gasteiger partial charge in [-0.3, -0.25) is 14.4 Å². The molecule has 0 spiro atoms. The normalized spacial score (nSPS) is 16.2. The summed E-state index contributed by atoms with van der Waals surface area (Å²) in [7, 11) is 1.27. The zero-order valence-corrected chi connectivity index (χ0v) is 18.8. The molecule has 1 aromatic rings. The number of benzene rings is 1. The van der Waals surface area contributed by atoms with Crippen LogP contribution in [0.5, 0.6) is 11.5 Å². The minimum Gasteiger partial charge on any atom is -0.507 e. The predicted octanol–water partition coefficient (Wildman–Crippen LogP) is 2.97. The molecule has 0 radical (unpaired) electrons. The fourth-order valence-corrected chi connectivity index (χ4v) is 3.06. The summed E-state index contributed by atoms with van der Waals surface area (Å²) in [6.07, 6.45) is 0.748. The van der Waals surface area contributed by atoms with Gasteiger partial charge in [-0.15, -0.1) is 0 Å². The van der Waals surface area contributed by atoms with E-state index in [4.69, 9.17) is 14.6 Å². The Kier molecular flexibility index (Phi) is 7.65. The van der Waals surface area contributed by atoms with Crippen LogP contribution < -0.4 is 4.74 Å². The Balaban J connectivity index is 2.57. The topological polar surface area (TPSA) is 157 Å². The largest absolute Gasteiger partial charge is 0.507 e. The molecule has 3 unspecified atom stereocenters. The SMILES string of the molecule is COc1cc(C(/C=C/C(C)(C)O)OC(=O)C(C)C(C)OC(=O)O)c(O)c2c1C(=O)C=CC2=O. The van der Waals surface area contributed by atoms with Crippen LogP contribution in [0, 0.1) is 5.92 Å². The molecular formula is C23H26O10. The van der Waals surface area contributed by atoms with Crippen molar-refractivity contribution < 1.29 is 48.7 Å². The number of ether oxygens (including phenoxy) is 3. The first kappa shape index (κ1) is 25.6. The molecule has 0 saturated carbocycles. The first-order valence-corrected chi connectivity index (χ1v) is 9.99. The summed E-state index contributed by atoms with van der Waals surface area (Å²) in [6, 6.07) is 1.26. The number of phenolic OH excluding ortho intramolecular Hbond substituents is 1. The summed E-state index contributed by atoms with van der Waals surface area (Å²) in [5.74, 6) is -3.68. The highest BCUT2D eigenvalue weighted by Gasteiger charge is 2.33. The number of hydrogen-bond acceptors (Lipinski definition) is 9. The molecule has 10 nitrogen and oxygen atoms in total. The number of aromatic hydroxyl groups is 1.